The number of aromatic nitrogens is 3. The van der Waals surface area contributed by atoms with Gasteiger partial charge in [0, 0.05) is 17.3 Å². The second-order valence-corrected chi connectivity index (χ2v) is 6.26. The Bertz CT molecular complexity index is 1030. The van der Waals surface area contributed by atoms with E-state index in [2.05, 4.69) is 67.4 Å². The van der Waals surface area contributed by atoms with E-state index in [0.29, 0.717) is 0 Å². The summed E-state index contributed by atoms with van der Waals surface area (Å²) in [6, 6.07) is 19.0. The second-order valence-electron chi connectivity index (χ2n) is 6.26. The lowest BCUT2D eigenvalue weighted by Gasteiger charge is -2.06. The van der Waals surface area contributed by atoms with Crippen molar-refractivity contribution in [2.45, 2.75) is 20.8 Å². The third-order valence-corrected chi connectivity index (χ3v) is 4.35. The lowest BCUT2D eigenvalue weighted by Crippen LogP contribution is -1.96. The largest absolute Gasteiger partial charge is 0.236 e. The fourth-order valence-corrected chi connectivity index (χ4v) is 3.13. The van der Waals surface area contributed by atoms with Gasteiger partial charge in [0.2, 0.25) is 0 Å². The van der Waals surface area contributed by atoms with Gasteiger partial charge in [-0.15, -0.1) is 0 Å². The predicted molar refractivity (Wildman–Crippen MR) is 98.1 cm³/mol. The Morgan fingerprint density at radius 3 is 2.33 bits per heavy atom. The summed E-state index contributed by atoms with van der Waals surface area (Å²) in [6.07, 6.45) is 1.87. The van der Waals surface area contributed by atoms with E-state index >= 15 is 0 Å². The number of fused-ring (bicyclic) bond motifs is 1. The highest BCUT2D eigenvalue weighted by Crippen LogP contribution is 2.30. The maximum absolute atomic E-state index is 4.77. The molecule has 0 unspecified atom stereocenters. The first-order chi connectivity index (χ1) is 11.6. The van der Waals surface area contributed by atoms with Crippen LogP contribution in [0.1, 0.15) is 16.8 Å². The van der Waals surface area contributed by atoms with Gasteiger partial charge in [0.05, 0.1) is 11.4 Å². The predicted octanol–water partition coefficient (Wildman–Crippen LogP) is 4.99. The minimum absolute atomic E-state index is 0.898. The molecule has 0 aliphatic rings. The maximum Gasteiger partial charge on any atom is 0.163 e. The van der Waals surface area contributed by atoms with Gasteiger partial charge >= 0.3 is 0 Å². The molecule has 4 aromatic rings. The van der Waals surface area contributed by atoms with E-state index in [1.165, 1.54) is 11.1 Å². The molecule has 0 amide bonds. The van der Waals surface area contributed by atoms with Crippen LogP contribution in [0.15, 0.2) is 60.8 Å². The Kier molecular flexibility index (Phi) is 3.42. The van der Waals surface area contributed by atoms with Crippen LogP contribution >= 0.6 is 0 Å². The van der Waals surface area contributed by atoms with E-state index in [4.69, 9.17) is 5.10 Å². The van der Waals surface area contributed by atoms with Crippen LogP contribution < -0.4 is 0 Å². The average Bonchev–Trinajstić information content (AvgIpc) is 2.91. The first kappa shape index (κ1) is 14.6. The van der Waals surface area contributed by atoms with Crippen molar-refractivity contribution in [2.75, 3.05) is 0 Å². The lowest BCUT2D eigenvalue weighted by atomic mass is 10.0. The van der Waals surface area contributed by atoms with Crippen LogP contribution in [0.3, 0.4) is 0 Å². The Balaban J connectivity index is 1.97. The van der Waals surface area contributed by atoms with Gasteiger partial charge < -0.3 is 0 Å². The van der Waals surface area contributed by atoms with E-state index in [-0.39, 0.29) is 0 Å². The van der Waals surface area contributed by atoms with E-state index in [1.807, 2.05) is 23.7 Å². The van der Waals surface area contributed by atoms with Crippen molar-refractivity contribution in [3.05, 3.63) is 77.6 Å². The summed E-state index contributed by atoms with van der Waals surface area (Å²) in [4.78, 5) is 4.61. The number of aryl methyl sites for hydroxylation is 3. The van der Waals surface area contributed by atoms with Crippen LogP contribution in [0, 0.1) is 20.8 Å². The SMILES string of the molecule is Cc1ccc(-c2c(C)nn3c(-c4cccc(C)c4)ccnc23)cc1. The number of hydrogen-bond donors (Lipinski definition) is 0. The van der Waals surface area contributed by atoms with E-state index in [1.54, 1.807) is 0 Å². The zero-order chi connectivity index (χ0) is 16.7. The first-order valence-corrected chi connectivity index (χ1v) is 8.12. The van der Waals surface area contributed by atoms with Crippen molar-refractivity contribution in [1.82, 2.24) is 14.6 Å². The molecule has 0 atom stereocenters. The topological polar surface area (TPSA) is 30.2 Å². The van der Waals surface area contributed by atoms with Gasteiger partial charge in [0.15, 0.2) is 5.65 Å². The summed E-state index contributed by atoms with van der Waals surface area (Å²) in [5, 5.41) is 4.77. The van der Waals surface area contributed by atoms with Gasteiger partial charge in [-0.25, -0.2) is 9.50 Å². The maximum atomic E-state index is 4.77. The van der Waals surface area contributed by atoms with Crippen LogP contribution in [0.4, 0.5) is 0 Å². The fourth-order valence-electron chi connectivity index (χ4n) is 3.13. The first-order valence-electron chi connectivity index (χ1n) is 8.12. The molecular weight excluding hydrogens is 294 g/mol. The van der Waals surface area contributed by atoms with Crippen molar-refractivity contribution in [3.8, 4) is 22.4 Å². The lowest BCUT2D eigenvalue weighted by molar-refractivity contribution is 0.925. The Hall–Kier alpha value is -2.94. The molecule has 0 radical (unpaired) electrons. The Morgan fingerprint density at radius 1 is 0.792 bits per heavy atom. The molecule has 2 heterocycles. The van der Waals surface area contributed by atoms with Gasteiger partial charge in [0.1, 0.15) is 0 Å². The fraction of sp³-hybridized carbons (Fsp3) is 0.143. The van der Waals surface area contributed by atoms with Crippen LogP contribution in [0.2, 0.25) is 0 Å². The highest BCUT2D eigenvalue weighted by atomic mass is 15.3. The molecule has 2 aromatic carbocycles. The molecule has 3 heteroatoms. The van der Waals surface area contributed by atoms with E-state index in [9.17, 15) is 0 Å². The summed E-state index contributed by atoms with van der Waals surface area (Å²) < 4.78 is 1.96. The Labute approximate surface area is 141 Å². The molecule has 0 saturated heterocycles. The van der Waals surface area contributed by atoms with Gasteiger partial charge in [-0.3, -0.25) is 0 Å². The van der Waals surface area contributed by atoms with Crippen molar-refractivity contribution >= 4 is 5.65 Å². The van der Waals surface area contributed by atoms with Crippen molar-refractivity contribution in [1.29, 1.82) is 0 Å². The molecule has 0 aliphatic heterocycles. The molecular formula is C21H19N3. The summed E-state index contributed by atoms with van der Waals surface area (Å²) in [5.74, 6) is 0. The molecule has 0 aliphatic carbocycles. The number of benzene rings is 2. The molecule has 0 bridgehead atoms. The van der Waals surface area contributed by atoms with Crippen molar-refractivity contribution < 1.29 is 0 Å². The standard InChI is InChI=1S/C21H19N3/c1-14-7-9-17(10-8-14)20-16(3)23-24-19(11-12-22-21(20)24)18-6-4-5-15(2)13-18/h4-13H,1-3H3. The smallest absolute Gasteiger partial charge is 0.163 e. The van der Waals surface area contributed by atoms with Crippen LogP contribution in [-0.4, -0.2) is 14.6 Å². The van der Waals surface area contributed by atoms with E-state index < -0.39 is 0 Å². The van der Waals surface area contributed by atoms with Crippen molar-refractivity contribution in [3.63, 3.8) is 0 Å². The van der Waals surface area contributed by atoms with Gasteiger partial charge in [-0.1, -0.05) is 53.6 Å². The number of nitrogens with zero attached hydrogens (tertiary/aromatic N) is 3. The number of rotatable bonds is 2. The van der Waals surface area contributed by atoms with Gasteiger partial charge in [0.25, 0.3) is 0 Å². The quantitative estimate of drug-likeness (QED) is 0.522. The third kappa shape index (κ3) is 2.38. The molecule has 2 aromatic heterocycles. The molecule has 4 rings (SSSR count). The normalized spacial score (nSPS) is 11.1. The molecule has 0 saturated carbocycles. The zero-order valence-corrected chi connectivity index (χ0v) is 14.1. The highest BCUT2D eigenvalue weighted by Gasteiger charge is 2.15. The minimum Gasteiger partial charge on any atom is -0.236 e. The molecule has 0 N–H and O–H groups in total. The monoisotopic (exact) mass is 313 g/mol. The Morgan fingerprint density at radius 2 is 1.58 bits per heavy atom. The molecule has 118 valence electrons. The molecule has 0 fully saturated rings. The number of hydrogen-bond acceptors (Lipinski definition) is 2. The summed E-state index contributed by atoms with van der Waals surface area (Å²) in [6.45, 7) is 6.25. The zero-order valence-electron chi connectivity index (χ0n) is 14.1. The summed E-state index contributed by atoms with van der Waals surface area (Å²) >= 11 is 0. The van der Waals surface area contributed by atoms with Crippen LogP contribution in [-0.2, 0) is 0 Å². The van der Waals surface area contributed by atoms with Crippen molar-refractivity contribution in [2.24, 2.45) is 0 Å². The van der Waals surface area contributed by atoms with Gasteiger partial charge in [-0.2, -0.15) is 5.10 Å². The summed E-state index contributed by atoms with van der Waals surface area (Å²) in [7, 11) is 0. The second kappa shape index (κ2) is 5.60. The molecule has 3 nitrogen and oxygen atoms in total. The minimum atomic E-state index is 0.898. The molecule has 0 spiro atoms. The third-order valence-electron chi connectivity index (χ3n) is 4.35. The van der Waals surface area contributed by atoms with Crippen LogP contribution in [0.5, 0.6) is 0 Å². The molecule has 24 heavy (non-hydrogen) atoms. The summed E-state index contributed by atoms with van der Waals surface area (Å²) in [5.41, 5.74) is 8.85. The van der Waals surface area contributed by atoms with Crippen LogP contribution in [0.25, 0.3) is 28.0 Å². The van der Waals surface area contributed by atoms with Gasteiger partial charge in [-0.05, 0) is 38.5 Å². The highest BCUT2D eigenvalue weighted by molar-refractivity contribution is 5.81. The average molecular weight is 313 g/mol. The van der Waals surface area contributed by atoms with E-state index in [0.717, 1.165) is 33.7 Å².